The molecule has 160 valence electrons. The van der Waals surface area contributed by atoms with Crippen molar-refractivity contribution >= 4 is 47.2 Å². The third kappa shape index (κ3) is 8.17. The molecular weight excluding hydrogens is 520 g/mol. The van der Waals surface area contributed by atoms with Crippen LogP contribution < -0.4 is 10.6 Å². The Morgan fingerprint density at radius 1 is 1.24 bits per heavy atom. The molecule has 0 aliphatic carbocycles. The average molecular weight is 542 g/mol. The van der Waals surface area contributed by atoms with Crippen molar-refractivity contribution in [2.24, 2.45) is 4.99 Å². The van der Waals surface area contributed by atoms with E-state index in [1.807, 2.05) is 0 Å². The van der Waals surface area contributed by atoms with E-state index in [0.717, 1.165) is 22.3 Å². The number of hydrogen-bond acceptors (Lipinski definition) is 5. The second-order valence-electron chi connectivity index (χ2n) is 5.64. The van der Waals surface area contributed by atoms with Crippen LogP contribution in [0.15, 0.2) is 34.6 Å². The van der Waals surface area contributed by atoms with E-state index in [0.29, 0.717) is 42.6 Å². The van der Waals surface area contributed by atoms with Crippen LogP contribution in [-0.2, 0) is 23.9 Å². The Hall–Kier alpha value is -1.89. The average Bonchev–Trinajstić information content (AvgIpc) is 3.14. The molecule has 2 rings (SSSR count). The Balaban J connectivity index is 0.00000420. The summed E-state index contributed by atoms with van der Waals surface area (Å²) in [5, 5.41) is 7.56. The molecule has 0 fully saturated rings. The maximum atomic E-state index is 12.5. The monoisotopic (exact) mass is 542 g/mol. The van der Waals surface area contributed by atoms with Crippen molar-refractivity contribution in [1.82, 2.24) is 15.6 Å². The van der Waals surface area contributed by atoms with Crippen molar-refractivity contribution in [1.29, 1.82) is 0 Å². The summed E-state index contributed by atoms with van der Waals surface area (Å²) in [5.74, 6) is 0.150. The zero-order valence-electron chi connectivity index (χ0n) is 15.9. The van der Waals surface area contributed by atoms with Gasteiger partial charge in [-0.15, -0.1) is 35.3 Å². The van der Waals surface area contributed by atoms with Gasteiger partial charge in [0, 0.05) is 31.9 Å². The van der Waals surface area contributed by atoms with E-state index in [-0.39, 0.29) is 29.9 Å². The lowest BCUT2D eigenvalue weighted by Gasteiger charge is -2.11. The Bertz CT molecular complexity index is 810. The molecule has 0 bridgehead atoms. The van der Waals surface area contributed by atoms with E-state index < -0.39 is 11.9 Å². The summed E-state index contributed by atoms with van der Waals surface area (Å²) in [6.07, 6.45) is -4.06. The number of alkyl halides is 3. The molecule has 0 aliphatic heterocycles. The van der Waals surface area contributed by atoms with Gasteiger partial charge in [-0.25, -0.2) is 9.78 Å². The van der Waals surface area contributed by atoms with Crippen molar-refractivity contribution in [2.75, 3.05) is 20.2 Å². The van der Waals surface area contributed by atoms with Crippen molar-refractivity contribution in [3.05, 3.63) is 51.5 Å². The van der Waals surface area contributed by atoms with Gasteiger partial charge in [-0.3, -0.25) is 4.99 Å². The predicted molar refractivity (Wildman–Crippen MR) is 117 cm³/mol. The number of ether oxygens (including phenoxy) is 1. The Kier molecular flexibility index (Phi) is 10.4. The number of rotatable bonds is 7. The first-order valence-corrected chi connectivity index (χ1v) is 9.43. The van der Waals surface area contributed by atoms with Crippen LogP contribution in [0.2, 0.25) is 0 Å². The Morgan fingerprint density at radius 2 is 1.93 bits per heavy atom. The molecule has 0 aliphatic rings. The number of aromatic nitrogens is 1. The van der Waals surface area contributed by atoms with Gasteiger partial charge < -0.3 is 15.4 Å². The quantitative estimate of drug-likeness (QED) is 0.241. The van der Waals surface area contributed by atoms with Gasteiger partial charge in [0.1, 0.15) is 0 Å². The highest BCUT2D eigenvalue weighted by Gasteiger charge is 2.33. The number of aliphatic imine (C=N–C) groups is 1. The van der Waals surface area contributed by atoms with Crippen LogP contribution >= 0.6 is 35.3 Å². The number of benzene rings is 1. The molecule has 1 heterocycles. The largest absolute Gasteiger partial charge is 0.462 e. The lowest BCUT2D eigenvalue weighted by atomic mass is 10.1. The minimum atomic E-state index is -4.41. The summed E-state index contributed by atoms with van der Waals surface area (Å²) in [6, 6.07) is 6.99. The minimum Gasteiger partial charge on any atom is -0.462 e. The summed E-state index contributed by atoms with van der Waals surface area (Å²) in [6.45, 7) is 2.94. The molecule has 0 radical (unpaired) electrons. The lowest BCUT2D eigenvalue weighted by Crippen LogP contribution is -2.37. The molecule has 2 N–H and O–H groups in total. The summed E-state index contributed by atoms with van der Waals surface area (Å²) in [5.41, 5.74) is 0.557. The number of carbonyl (C=O) groups is 1. The van der Waals surface area contributed by atoms with E-state index >= 15 is 0 Å². The van der Waals surface area contributed by atoms with Crippen molar-refractivity contribution < 1.29 is 22.7 Å². The van der Waals surface area contributed by atoms with Crippen LogP contribution in [0.5, 0.6) is 0 Å². The molecule has 1 aromatic heterocycles. The van der Waals surface area contributed by atoms with Crippen molar-refractivity contribution in [3.63, 3.8) is 0 Å². The van der Waals surface area contributed by atoms with Crippen LogP contribution in [0.4, 0.5) is 13.2 Å². The number of hydrogen-bond donors (Lipinski definition) is 2. The fourth-order valence-corrected chi connectivity index (χ4v) is 3.03. The standard InChI is InChI=1S/C18H21F3N4O2S.HI/c1-3-27-16(26)13-6-4-12(5-7-13)10-24-17(22-2)23-9-8-15-25-14(11-28-15)18(19,20)21;/h4-7,11H,3,8-10H2,1-2H3,(H2,22,23,24);1H. The first kappa shape index (κ1) is 25.1. The van der Waals surface area contributed by atoms with E-state index in [1.54, 1.807) is 38.2 Å². The van der Waals surface area contributed by atoms with E-state index in [2.05, 4.69) is 20.6 Å². The summed E-state index contributed by atoms with van der Waals surface area (Å²) < 4.78 is 42.6. The third-order valence-corrected chi connectivity index (χ3v) is 4.53. The minimum absolute atomic E-state index is 0. The third-order valence-electron chi connectivity index (χ3n) is 3.62. The molecule has 2 aromatic rings. The molecule has 0 saturated heterocycles. The summed E-state index contributed by atoms with van der Waals surface area (Å²) in [7, 11) is 1.60. The van der Waals surface area contributed by atoms with Gasteiger partial charge in [0.05, 0.1) is 17.2 Å². The molecule has 29 heavy (non-hydrogen) atoms. The smallest absolute Gasteiger partial charge is 0.434 e. The second-order valence-corrected chi connectivity index (χ2v) is 6.59. The molecule has 0 saturated carbocycles. The molecule has 0 atom stereocenters. The van der Waals surface area contributed by atoms with Gasteiger partial charge in [0.15, 0.2) is 11.7 Å². The normalized spacial score (nSPS) is 11.6. The summed E-state index contributed by atoms with van der Waals surface area (Å²) in [4.78, 5) is 19.3. The molecular formula is C18H22F3IN4O2S. The van der Waals surface area contributed by atoms with Gasteiger partial charge in [-0.1, -0.05) is 12.1 Å². The molecule has 1 aromatic carbocycles. The van der Waals surface area contributed by atoms with Gasteiger partial charge in [0.2, 0.25) is 0 Å². The topological polar surface area (TPSA) is 75.6 Å². The van der Waals surface area contributed by atoms with Crippen LogP contribution in [0.1, 0.15) is 33.5 Å². The van der Waals surface area contributed by atoms with Crippen molar-refractivity contribution in [3.8, 4) is 0 Å². The molecule has 11 heteroatoms. The number of nitrogens with one attached hydrogen (secondary N) is 2. The highest BCUT2D eigenvalue weighted by molar-refractivity contribution is 14.0. The number of carbonyl (C=O) groups excluding carboxylic acids is 1. The van der Waals surface area contributed by atoms with Gasteiger partial charge in [-0.05, 0) is 24.6 Å². The molecule has 0 unspecified atom stereocenters. The molecule has 0 spiro atoms. The maximum Gasteiger partial charge on any atom is 0.434 e. The first-order valence-electron chi connectivity index (χ1n) is 8.55. The van der Waals surface area contributed by atoms with Gasteiger partial charge >= 0.3 is 12.1 Å². The van der Waals surface area contributed by atoms with Crippen molar-refractivity contribution in [2.45, 2.75) is 26.1 Å². The predicted octanol–water partition coefficient (Wildman–Crippen LogP) is 3.86. The number of esters is 1. The lowest BCUT2D eigenvalue weighted by molar-refractivity contribution is -0.140. The van der Waals surface area contributed by atoms with Gasteiger partial charge in [-0.2, -0.15) is 13.2 Å². The first-order chi connectivity index (χ1) is 13.3. The fraction of sp³-hybridized carbons (Fsp3) is 0.389. The fourth-order valence-electron chi connectivity index (χ4n) is 2.22. The Labute approximate surface area is 188 Å². The van der Waals surface area contributed by atoms with Crippen LogP contribution in [0.3, 0.4) is 0 Å². The Morgan fingerprint density at radius 3 is 2.48 bits per heavy atom. The highest BCUT2D eigenvalue weighted by atomic mass is 127. The van der Waals surface area contributed by atoms with Crippen LogP contribution in [0, 0.1) is 0 Å². The summed E-state index contributed by atoms with van der Waals surface area (Å²) >= 11 is 0.984. The number of thiazole rings is 1. The maximum absolute atomic E-state index is 12.5. The zero-order chi connectivity index (χ0) is 20.6. The zero-order valence-corrected chi connectivity index (χ0v) is 19.0. The molecule has 6 nitrogen and oxygen atoms in total. The van der Waals surface area contributed by atoms with E-state index in [4.69, 9.17) is 4.74 Å². The second kappa shape index (κ2) is 12.0. The number of guanidine groups is 1. The number of nitrogens with zero attached hydrogens (tertiary/aromatic N) is 2. The number of halogens is 4. The van der Waals surface area contributed by atoms with E-state index in [9.17, 15) is 18.0 Å². The highest BCUT2D eigenvalue weighted by Crippen LogP contribution is 2.29. The van der Waals surface area contributed by atoms with Crippen LogP contribution in [0.25, 0.3) is 0 Å². The van der Waals surface area contributed by atoms with E-state index in [1.165, 1.54) is 0 Å². The SMILES string of the molecule is CCOC(=O)c1ccc(CNC(=NC)NCCc2nc(C(F)(F)F)cs2)cc1.I. The van der Waals surface area contributed by atoms with Gasteiger partial charge in [0.25, 0.3) is 0 Å². The molecule has 0 amide bonds. The van der Waals surface area contributed by atoms with Crippen LogP contribution in [-0.4, -0.2) is 37.1 Å².